The molecule has 0 bridgehead atoms. The van der Waals surface area contributed by atoms with Gasteiger partial charge in [0.1, 0.15) is 23.3 Å². The summed E-state index contributed by atoms with van der Waals surface area (Å²) in [6, 6.07) is 16.3. The van der Waals surface area contributed by atoms with Gasteiger partial charge in [0.15, 0.2) is 0 Å². The Morgan fingerprint density at radius 1 is 1.07 bits per heavy atom. The lowest BCUT2D eigenvalue weighted by molar-refractivity contribution is 0.415. The number of nitrogens with zero attached hydrogens (tertiary/aromatic N) is 4. The summed E-state index contributed by atoms with van der Waals surface area (Å²) < 4.78 is 21.2. The molecule has 1 aliphatic rings. The van der Waals surface area contributed by atoms with Gasteiger partial charge in [-0.2, -0.15) is 5.26 Å². The Balaban J connectivity index is 1.75. The number of pyridine rings is 1. The van der Waals surface area contributed by atoms with Gasteiger partial charge in [-0.05, 0) is 60.5 Å². The summed E-state index contributed by atoms with van der Waals surface area (Å²) in [5.74, 6) is 0.425. The molecule has 2 aromatic carbocycles. The van der Waals surface area contributed by atoms with Crippen LogP contribution in [-0.2, 0) is 13.0 Å². The summed E-state index contributed by atoms with van der Waals surface area (Å²) in [4.78, 5) is 8.82. The van der Waals surface area contributed by atoms with Gasteiger partial charge in [-0.25, -0.2) is 14.4 Å². The molecule has 0 spiro atoms. The topological polar surface area (TPSA) is 63.7 Å². The van der Waals surface area contributed by atoms with Crippen molar-refractivity contribution in [3.05, 3.63) is 78.1 Å². The molecule has 0 radical (unpaired) electrons. The van der Waals surface area contributed by atoms with Crippen molar-refractivity contribution in [3.63, 3.8) is 0 Å². The monoisotopic (exact) mass is 396 g/mol. The van der Waals surface area contributed by atoms with Crippen molar-refractivity contribution in [2.75, 3.05) is 7.11 Å². The fraction of sp³-hybridized carbons (Fsp3) is 0.125. The van der Waals surface area contributed by atoms with Crippen LogP contribution in [0, 0.1) is 17.1 Å². The van der Waals surface area contributed by atoms with Crippen LogP contribution in [0.15, 0.2) is 61.1 Å². The van der Waals surface area contributed by atoms with Crippen LogP contribution in [0.3, 0.4) is 0 Å². The first kappa shape index (κ1) is 18.1. The molecule has 0 fully saturated rings. The van der Waals surface area contributed by atoms with Crippen molar-refractivity contribution in [2.45, 2.75) is 13.0 Å². The van der Waals surface area contributed by atoms with Crippen LogP contribution < -0.4 is 4.74 Å². The third-order valence-corrected chi connectivity index (χ3v) is 5.46. The number of halogens is 1. The van der Waals surface area contributed by atoms with E-state index >= 15 is 0 Å². The van der Waals surface area contributed by atoms with E-state index in [2.05, 4.69) is 20.6 Å². The zero-order valence-corrected chi connectivity index (χ0v) is 16.3. The molecule has 0 saturated carbocycles. The van der Waals surface area contributed by atoms with Crippen molar-refractivity contribution < 1.29 is 9.13 Å². The molecular weight excluding hydrogens is 379 g/mol. The van der Waals surface area contributed by atoms with Crippen molar-refractivity contribution in [2.24, 2.45) is 0 Å². The Morgan fingerprint density at radius 2 is 1.90 bits per heavy atom. The van der Waals surface area contributed by atoms with Gasteiger partial charge in [-0.3, -0.25) is 0 Å². The molecule has 5 nitrogen and oxygen atoms in total. The quantitative estimate of drug-likeness (QED) is 0.496. The van der Waals surface area contributed by atoms with Crippen LogP contribution in [0.4, 0.5) is 4.39 Å². The fourth-order valence-electron chi connectivity index (χ4n) is 4.03. The van der Waals surface area contributed by atoms with Crippen molar-refractivity contribution in [1.82, 2.24) is 14.5 Å². The zero-order valence-electron chi connectivity index (χ0n) is 16.3. The number of hydrogen-bond acceptors (Lipinski definition) is 4. The number of ether oxygens (including phenoxy) is 1. The summed E-state index contributed by atoms with van der Waals surface area (Å²) in [6.07, 6.45) is 4.27. The lowest BCUT2D eigenvalue weighted by Crippen LogP contribution is -2.11. The highest BCUT2D eigenvalue weighted by Gasteiger charge is 2.24. The van der Waals surface area contributed by atoms with Crippen molar-refractivity contribution in [1.29, 1.82) is 5.26 Å². The van der Waals surface area contributed by atoms with Gasteiger partial charge < -0.3 is 9.30 Å². The summed E-state index contributed by atoms with van der Waals surface area (Å²) >= 11 is 0. The molecule has 0 aliphatic carbocycles. The van der Waals surface area contributed by atoms with Gasteiger partial charge in [0.2, 0.25) is 0 Å². The number of benzene rings is 2. The predicted octanol–water partition coefficient (Wildman–Crippen LogP) is 4.85. The first-order chi connectivity index (χ1) is 14.7. The van der Waals surface area contributed by atoms with Crippen LogP contribution in [0.1, 0.15) is 11.3 Å². The molecule has 0 amide bonds. The van der Waals surface area contributed by atoms with Crippen LogP contribution in [0.2, 0.25) is 0 Å². The van der Waals surface area contributed by atoms with Gasteiger partial charge in [0.05, 0.1) is 24.8 Å². The molecule has 6 heteroatoms. The largest absolute Gasteiger partial charge is 0.496 e. The van der Waals surface area contributed by atoms with Crippen LogP contribution in [0.25, 0.3) is 33.6 Å². The zero-order chi connectivity index (χ0) is 20.7. The Labute approximate surface area is 173 Å². The normalized spacial score (nSPS) is 12.0. The SMILES string of the molecule is COc1cc2c(cc1-c1cccnc1C#N)-c1c(-c3ccc(F)cc3)ncn1CC2. The maximum absolute atomic E-state index is 13.4. The third kappa shape index (κ3) is 2.83. The number of aryl methyl sites for hydroxylation is 2. The molecule has 4 aromatic rings. The van der Waals surface area contributed by atoms with E-state index in [1.165, 1.54) is 12.1 Å². The second-order valence-electron chi connectivity index (χ2n) is 7.11. The minimum absolute atomic E-state index is 0.278. The highest BCUT2D eigenvalue weighted by Crippen LogP contribution is 2.42. The van der Waals surface area contributed by atoms with E-state index in [1.54, 1.807) is 25.4 Å². The molecule has 0 unspecified atom stereocenters. The average Bonchev–Trinajstić information content (AvgIpc) is 3.23. The fourth-order valence-corrected chi connectivity index (χ4v) is 4.03. The minimum atomic E-state index is -0.278. The summed E-state index contributed by atoms with van der Waals surface area (Å²) in [6.45, 7) is 0.801. The van der Waals surface area contributed by atoms with Crippen molar-refractivity contribution >= 4 is 0 Å². The molecule has 146 valence electrons. The van der Waals surface area contributed by atoms with Gasteiger partial charge in [0, 0.05) is 35.0 Å². The second-order valence-corrected chi connectivity index (χ2v) is 7.11. The van der Waals surface area contributed by atoms with E-state index in [-0.39, 0.29) is 5.82 Å². The number of imidazole rings is 1. The summed E-state index contributed by atoms with van der Waals surface area (Å²) in [7, 11) is 1.63. The molecule has 3 heterocycles. The van der Waals surface area contributed by atoms with Crippen LogP contribution in [0.5, 0.6) is 5.75 Å². The van der Waals surface area contributed by atoms with E-state index in [9.17, 15) is 9.65 Å². The van der Waals surface area contributed by atoms with Gasteiger partial charge in [-0.15, -0.1) is 0 Å². The number of fused-ring (bicyclic) bond motifs is 3. The van der Waals surface area contributed by atoms with E-state index in [4.69, 9.17) is 4.74 Å². The second kappa shape index (κ2) is 7.12. The van der Waals surface area contributed by atoms with Crippen molar-refractivity contribution in [3.8, 4) is 45.5 Å². The highest BCUT2D eigenvalue weighted by atomic mass is 19.1. The summed E-state index contributed by atoms with van der Waals surface area (Å²) in [5.41, 5.74) is 6.69. The van der Waals surface area contributed by atoms with Crippen LogP contribution in [-0.4, -0.2) is 21.6 Å². The number of rotatable bonds is 3. The third-order valence-electron chi connectivity index (χ3n) is 5.46. The maximum Gasteiger partial charge on any atom is 0.148 e. The van der Waals surface area contributed by atoms with Crippen LogP contribution >= 0.6 is 0 Å². The first-order valence-electron chi connectivity index (χ1n) is 9.57. The number of aromatic nitrogens is 3. The van der Waals surface area contributed by atoms with Gasteiger partial charge in [0.25, 0.3) is 0 Å². The van der Waals surface area contributed by atoms with E-state index in [1.807, 2.05) is 30.6 Å². The Hall–Kier alpha value is -3.98. The Kier molecular flexibility index (Phi) is 4.29. The standard InChI is InChI=1S/C24H17FN4O/c1-30-22-11-16-8-10-29-14-28-23(15-4-6-17(25)7-5-15)24(29)19(16)12-20(22)18-3-2-9-27-21(18)13-26/h2-7,9,11-12,14H,8,10H2,1H3. The number of methoxy groups -OCH3 is 1. The summed E-state index contributed by atoms with van der Waals surface area (Å²) in [5, 5.41) is 9.52. The van der Waals surface area contributed by atoms with E-state index < -0.39 is 0 Å². The molecule has 5 rings (SSSR count). The number of nitriles is 1. The van der Waals surface area contributed by atoms with Gasteiger partial charge >= 0.3 is 0 Å². The molecule has 0 saturated heterocycles. The molecule has 0 N–H and O–H groups in total. The predicted molar refractivity (Wildman–Crippen MR) is 111 cm³/mol. The smallest absolute Gasteiger partial charge is 0.148 e. The molecular formula is C24H17FN4O. The Morgan fingerprint density at radius 3 is 2.67 bits per heavy atom. The molecule has 2 aromatic heterocycles. The molecule has 0 atom stereocenters. The maximum atomic E-state index is 13.4. The van der Waals surface area contributed by atoms with Gasteiger partial charge in [-0.1, -0.05) is 0 Å². The molecule has 1 aliphatic heterocycles. The highest BCUT2D eigenvalue weighted by molar-refractivity contribution is 5.86. The first-order valence-corrected chi connectivity index (χ1v) is 9.57. The Bertz CT molecular complexity index is 1300. The van der Waals surface area contributed by atoms with E-state index in [0.717, 1.165) is 52.2 Å². The lowest BCUT2D eigenvalue weighted by Gasteiger charge is -2.22. The van der Waals surface area contributed by atoms with E-state index in [0.29, 0.717) is 11.4 Å². The lowest BCUT2D eigenvalue weighted by atomic mass is 9.90. The average molecular weight is 396 g/mol. The minimum Gasteiger partial charge on any atom is -0.496 e. The number of hydrogen-bond donors (Lipinski definition) is 0. The molecule has 30 heavy (non-hydrogen) atoms.